The van der Waals surface area contributed by atoms with Crippen molar-refractivity contribution in [3.63, 3.8) is 0 Å². The van der Waals surface area contributed by atoms with E-state index in [0.717, 1.165) is 0 Å². The molecule has 2 N–H and O–H groups in total. The summed E-state index contributed by atoms with van der Waals surface area (Å²) in [7, 11) is 0. The molecule has 5 heteroatoms. The normalized spacial score (nSPS) is 10.2. The summed E-state index contributed by atoms with van der Waals surface area (Å²) in [5.41, 5.74) is 0.319. The van der Waals surface area contributed by atoms with Crippen molar-refractivity contribution in [2.24, 2.45) is 0 Å². The molecule has 0 heterocycles. The summed E-state index contributed by atoms with van der Waals surface area (Å²) >= 11 is 0. The van der Waals surface area contributed by atoms with Crippen LogP contribution in [0.1, 0.15) is 19.4 Å². The van der Waals surface area contributed by atoms with Gasteiger partial charge in [-0.25, -0.2) is 4.39 Å². The van der Waals surface area contributed by atoms with E-state index < -0.39 is 5.82 Å². The van der Waals surface area contributed by atoms with E-state index in [1.54, 1.807) is 18.2 Å². The van der Waals surface area contributed by atoms with Gasteiger partial charge in [-0.2, -0.15) is 0 Å². The Kier molecular flexibility index (Phi) is 5.30. The lowest BCUT2D eigenvalue weighted by Crippen LogP contribution is -2.40. The Balaban J connectivity index is 2.39. The van der Waals surface area contributed by atoms with Gasteiger partial charge in [0.15, 0.2) is 0 Å². The van der Waals surface area contributed by atoms with Crippen LogP contribution in [0.15, 0.2) is 24.3 Å². The first-order chi connectivity index (χ1) is 8.49. The van der Waals surface area contributed by atoms with Crippen LogP contribution in [0.2, 0.25) is 0 Å². The molecule has 0 unspecified atom stereocenters. The van der Waals surface area contributed by atoms with E-state index in [4.69, 9.17) is 0 Å². The summed E-state index contributed by atoms with van der Waals surface area (Å²) in [5.74, 6) is -1.05. The third-order valence-corrected chi connectivity index (χ3v) is 2.20. The number of hydrogen-bond acceptors (Lipinski definition) is 2. The summed E-state index contributed by atoms with van der Waals surface area (Å²) in [6.07, 6.45) is -0.0678. The van der Waals surface area contributed by atoms with Crippen molar-refractivity contribution < 1.29 is 14.0 Å². The van der Waals surface area contributed by atoms with Gasteiger partial charge in [0.05, 0.1) is 13.0 Å². The second-order valence-corrected chi connectivity index (χ2v) is 4.27. The van der Waals surface area contributed by atoms with Gasteiger partial charge in [-0.15, -0.1) is 0 Å². The van der Waals surface area contributed by atoms with E-state index in [1.165, 1.54) is 6.07 Å². The monoisotopic (exact) mass is 252 g/mol. The van der Waals surface area contributed by atoms with E-state index in [-0.39, 0.29) is 30.8 Å². The fourth-order valence-corrected chi connectivity index (χ4v) is 1.43. The number of nitrogens with one attached hydrogen (secondary N) is 2. The highest BCUT2D eigenvalue weighted by Crippen LogP contribution is 2.06. The van der Waals surface area contributed by atoms with Gasteiger partial charge in [0.25, 0.3) is 0 Å². The van der Waals surface area contributed by atoms with Gasteiger partial charge >= 0.3 is 0 Å². The second-order valence-electron chi connectivity index (χ2n) is 4.27. The van der Waals surface area contributed by atoms with Gasteiger partial charge in [0.1, 0.15) is 5.82 Å². The van der Waals surface area contributed by atoms with Crippen molar-refractivity contribution in [3.8, 4) is 0 Å². The van der Waals surface area contributed by atoms with Crippen LogP contribution >= 0.6 is 0 Å². The number of hydrogen-bond donors (Lipinski definition) is 2. The van der Waals surface area contributed by atoms with E-state index in [2.05, 4.69) is 10.6 Å². The molecule has 4 nitrogen and oxygen atoms in total. The van der Waals surface area contributed by atoms with Crippen LogP contribution in [0.5, 0.6) is 0 Å². The van der Waals surface area contributed by atoms with Gasteiger partial charge < -0.3 is 10.6 Å². The lowest BCUT2D eigenvalue weighted by Gasteiger charge is -2.09. The van der Waals surface area contributed by atoms with Crippen molar-refractivity contribution in [2.45, 2.75) is 26.3 Å². The summed E-state index contributed by atoms with van der Waals surface area (Å²) in [4.78, 5) is 22.8. The average Bonchev–Trinajstić information content (AvgIpc) is 2.29. The van der Waals surface area contributed by atoms with E-state index in [1.807, 2.05) is 13.8 Å². The minimum absolute atomic E-state index is 0.0287. The fourth-order valence-electron chi connectivity index (χ4n) is 1.43. The Morgan fingerprint density at radius 3 is 2.50 bits per heavy atom. The van der Waals surface area contributed by atoms with Crippen molar-refractivity contribution in [1.29, 1.82) is 0 Å². The highest BCUT2D eigenvalue weighted by molar-refractivity contribution is 5.85. The largest absolute Gasteiger partial charge is 0.352 e. The SMILES string of the molecule is CC(C)NC(=O)CNC(=O)Cc1ccccc1F. The third-order valence-electron chi connectivity index (χ3n) is 2.20. The zero-order valence-electron chi connectivity index (χ0n) is 10.5. The summed E-state index contributed by atoms with van der Waals surface area (Å²) in [6, 6.07) is 6.10. The Labute approximate surface area is 106 Å². The van der Waals surface area contributed by atoms with Gasteiger partial charge in [0, 0.05) is 6.04 Å². The molecule has 1 rings (SSSR count). The molecule has 0 aliphatic rings. The second kappa shape index (κ2) is 6.74. The van der Waals surface area contributed by atoms with Gasteiger partial charge in [-0.05, 0) is 25.5 Å². The van der Waals surface area contributed by atoms with Crippen molar-refractivity contribution in [1.82, 2.24) is 10.6 Å². The quantitative estimate of drug-likeness (QED) is 0.821. The predicted octanol–water partition coefficient (Wildman–Crippen LogP) is 1.01. The summed E-state index contributed by atoms with van der Waals surface area (Å²) in [6.45, 7) is 3.57. The van der Waals surface area contributed by atoms with Gasteiger partial charge in [0.2, 0.25) is 11.8 Å². The Bertz CT molecular complexity index is 433. The number of amides is 2. The molecule has 0 bridgehead atoms. The maximum Gasteiger partial charge on any atom is 0.239 e. The fraction of sp³-hybridized carbons (Fsp3) is 0.385. The summed E-state index contributed by atoms with van der Waals surface area (Å²) in [5, 5.41) is 5.09. The van der Waals surface area contributed by atoms with Crippen molar-refractivity contribution in [3.05, 3.63) is 35.6 Å². The zero-order valence-corrected chi connectivity index (χ0v) is 10.5. The molecular formula is C13H17FN2O2. The lowest BCUT2D eigenvalue weighted by atomic mass is 10.1. The first-order valence-electron chi connectivity index (χ1n) is 5.78. The highest BCUT2D eigenvalue weighted by Gasteiger charge is 2.09. The summed E-state index contributed by atoms with van der Waals surface area (Å²) < 4.78 is 13.3. The molecule has 0 aliphatic carbocycles. The van der Waals surface area contributed by atoms with E-state index in [9.17, 15) is 14.0 Å². The molecule has 18 heavy (non-hydrogen) atoms. The molecular weight excluding hydrogens is 235 g/mol. The van der Waals surface area contributed by atoms with Crippen molar-refractivity contribution >= 4 is 11.8 Å². The van der Waals surface area contributed by atoms with Crippen LogP contribution < -0.4 is 10.6 Å². The van der Waals surface area contributed by atoms with E-state index >= 15 is 0 Å². The standard InChI is InChI=1S/C13H17FN2O2/c1-9(2)16-13(18)8-15-12(17)7-10-5-3-4-6-11(10)14/h3-6,9H,7-8H2,1-2H3,(H,15,17)(H,16,18). The molecule has 1 aromatic rings. The molecule has 0 spiro atoms. The van der Waals surface area contributed by atoms with Crippen LogP contribution in [0.4, 0.5) is 4.39 Å². The third kappa shape index (κ3) is 4.95. The first kappa shape index (κ1) is 14.2. The topological polar surface area (TPSA) is 58.2 Å². The van der Waals surface area contributed by atoms with Crippen LogP contribution in [0.25, 0.3) is 0 Å². The number of halogens is 1. The molecule has 0 fully saturated rings. The molecule has 0 aromatic heterocycles. The molecule has 2 amide bonds. The highest BCUT2D eigenvalue weighted by atomic mass is 19.1. The molecule has 0 saturated carbocycles. The molecule has 0 saturated heterocycles. The zero-order chi connectivity index (χ0) is 13.5. The van der Waals surface area contributed by atoms with Crippen LogP contribution in [0.3, 0.4) is 0 Å². The minimum atomic E-state index is -0.417. The average molecular weight is 252 g/mol. The molecule has 0 radical (unpaired) electrons. The lowest BCUT2D eigenvalue weighted by molar-refractivity contribution is -0.126. The smallest absolute Gasteiger partial charge is 0.239 e. The van der Waals surface area contributed by atoms with Crippen LogP contribution in [-0.4, -0.2) is 24.4 Å². The maximum absolute atomic E-state index is 13.3. The number of carbonyl (C=O) groups is 2. The molecule has 0 atom stereocenters. The number of benzene rings is 1. The first-order valence-corrected chi connectivity index (χ1v) is 5.78. The van der Waals surface area contributed by atoms with Gasteiger partial charge in [-0.1, -0.05) is 18.2 Å². The van der Waals surface area contributed by atoms with Crippen molar-refractivity contribution in [2.75, 3.05) is 6.54 Å². The van der Waals surface area contributed by atoms with Gasteiger partial charge in [-0.3, -0.25) is 9.59 Å². The predicted molar refractivity (Wildman–Crippen MR) is 66.4 cm³/mol. The van der Waals surface area contributed by atoms with Crippen LogP contribution in [0, 0.1) is 5.82 Å². The number of carbonyl (C=O) groups excluding carboxylic acids is 2. The Hall–Kier alpha value is -1.91. The molecule has 0 aliphatic heterocycles. The van der Waals surface area contributed by atoms with E-state index in [0.29, 0.717) is 5.56 Å². The molecule has 1 aromatic carbocycles. The minimum Gasteiger partial charge on any atom is -0.352 e. The van der Waals surface area contributed by atoms with Crippen LogP contribution in [-0.2, 0) is 16.0 Å². The Morgan fingerprint density at radius 2 is 1.89 bits per heavy atom. The molecule has 98 valence electrons. The number of rotatable bonds is 5. The Morgan fingerprint density at radius 1 is 1.22 bits per heavy atom. The maximum atomic E-state index is 13.3.